The van der Waals surface area contributed by atoms with Crippen LogP contribution in [0.3, 0.4) is 0 Å². The van der Waals surface area contributed by atoms with Crippen LogP contribution in [0.4, 0.5) is 0 Å². The van der Waals surface area contributed by atoms with Crippen molar-refractivity contribution in [3.63, 3.8) is 0 Å². The van der Waals surface area contributed by atoms with Crippen LogP contribution in [0.1, 0.15) is 26.2 Å². The molecule has 2 heterocycles. The van der Waals surface area contributed by atoms with E-state index in [0.29, 0.717) is 12.8 Å². The van der Waals surface area contributed by atoms with E-state index in [2.05, 4.69) is 0 Å². The van der Waals surface area contributed by atoms with Crippen LogP contribution in [0.5, 0.6) is 0 Å². The summed E-state index contributed by atoms with van der Waals surface area (Å²) in [5, 5.41) is 48.5. The first kappa shape index (κ1) is 14.2. The SMILES string of the molecule is CC(O)C[C@@H](O)[C@@H]1CC[C@@H]2[C@H](O)[C@H](O)[C@@H](CO)N21. The predicted molar refractivity (Wildman–Crippen MR) is 63.8 cm³/mol. The molecule has 2 aliphatic rings. The van der Waals surface area contributed by atoms with Crippen molar-refractivity contribution in [2.24, 2.45) is 0 Å². The van der Waals surface area contributed by atoms with Crippen molar-refractivity contribution in [1.82, 2.24) is 4.90 Å². The Morgan fingerprint density at radius 1 is 1.17 bits per heavy atom. The lowest BCUT2D eigenvalue weighted by Crippen LogP contribution is -2.48. The molecule has 2 saturated heterocycles. The van der Waals surface area contributed by atoms with Gasteiger partial charge in [0, 0.05) is 18.5 Å². The van der Waals surface area contributed by atoms with Crippen LogP contribution < -0.4 is 0 Å². The molecule has 0 radical (unpaired) electrons. The van der Waals surface area contributed by atoms with E-state index in [1.807, 2.05) is 4.90 Å². The number of aliphatic hydroxyl groups excluding tert-OH is 5. The first-order valence-electron chi connectivity index (χ1n) is 6.58. The minimum absolute atomic E-state index is 0.203. The summed E-state index contributed by atoms with van der Waals surface area (Å²) in [6, 6.07) is -0.944. The van der Waals surface area contributed by atoms with Crippen LogP contribution in [0.15, 0.2) is 0 Å². The summed E-state index contributed by atoms with van der Waals surface area (Å²) in [5.41, 5.74) is 0. The van der Waals surface area contributed by atoms with Crippen LogP contribution >= 0.6 is 0 Å². The van der Waals surface area contributed by atoms with Gasteiger partial charge in [-0.15, -0.1) is 0 Å². The topological polar surface area (TPSA) is 104 Å². The summed E-state index contributed by atoms with van der Waals surface area (Å²) in [4.78, 5) is 1.84. The lowest BCUT2D eigenvalue weighted by molar-refractivity contribution is -0.0118. The van der Waals surface area contributed by atoms with Gasteiger partial charge in [0.05, 0.1) is 37.1 Å². The number of rotatable bonds is 4. The summed E-state index contributed by atoms with van der Waals surface area (Å²) in [7, 11) is 0. The van der Waals surface area contributed by atoms with E-state index in [9.17, 15) is 25.5 Å². The fourth-order valence-electron chi connectivity index (χ4n) is 3.46. The molecule has 6 heteroatoms. The smallest absolute Gasteiger partial charge is 0.0991 e. The molecule has 0 amide bonds. The number of fused-ring (bicyclic) bond motifs is 1. The largest absolute Gasteiger partial charge is 0.395 e. The van der Waals surface area contributed by atoms with Crippen molar-refractivity contribution >= 4 is 0 Å². The Bertz CT molecular complexity index is 286. The Morgan fingerprint density at radius 3 is 2.39 bits per heavy atom. The van der Waals surface area contributed by atoms with Crippen molar-refractivity contribution in [2.75, 3.05) is 6.61 Å². The van der Waals surface area contributed by atoms with Gasteiger partial charge in [-0.05, 0) is 19.8 Å². The number of hydrogen-bond donors (Lipinski definition) is 5. The highest BCUT2D eigenvalue weighted by atomic mass is 16.3. The second-order valence-corrected chi connectivity index (χ2v) is 5.54. The molecule has 0 saturated carbocycles. The maximum Gasteiger partial charge on any atom is 0.0991 e. The third-order valence-electron chi connectivity index (χ3n) is 4.26. The molecule has 0 aromatic heterocycles. The van der Waals surface area contributed by atoms with Crippen molar-refractivity contribution < 1.29 is 25.5 Å². The van der Waals surface area contributed by atoms with Gasteiger partial charge in [0.2, 0.25) is 0 Å². The molecule has 0 spiro atoms. The summed E-state index contributed by atoms with van der Waals surface area (Å²) in [6.07, 6.45) is -1.48. The molecule has 0 aromatic rings. The molecule has 1 unspecified atom stereocenters. The number of nitrogens with zero attached hydrogens (tertiary/aromatic N) is 1. The molecule has 6 nitrogen and oxygen atoms in total. The molecule has 106 valence electrons. The summed E-state index contributed by atoms with van der Waals surface area (Å²) in [5.74, 6) is 0. The minimum Gasteiger partial charge on any atom is -0.395 e. The Labute approximate surface area is 106 Å². The van der Waals surface area contributed by atoms with Crippen LogP contribution in [-0.2, 0) is 0 Å². The second kappa shape index (κ2) is 5.40. The first-order valence-corrected chi connectivity index (χ1v) is 6.58. The van der Waals surface area contributed by atoms with Gasteiger partial charge in [0.25, 0.3) is 0 Å². The Morgan fingerprint density at radius 2 is 1.83 bits per heavy atom. The molecule has 0 aliphatic carbocycles. The van der Waals surface area contributed by atoms with Crippen LogP contribution in [0, 0.1) is 0 Å². The highest BCUT2D eigenvalue weighted by Crippen LogP contribution is 2.38. The van der Waals surface area contributed by atoms with Gasteiger partial charge in [0.1, 0.15) is 0 Å². The van der Waals surface area contributed by atoms with Gasteiger partial charge in [-0.2, -0.15) is 0 Å². The maximum absolute atomic E-state index is 10.1. The lowest BCUT2D eigenvalue weighted by Gasteiger charge is -2.33. The Hall–Kier alpha value is -0.240. The van der Waals surface area contributed by atoms with Gasteiger partial charge < -0.3 is 25.5 Å². The first-order chi connectivity index (χ1) is 8.47. The van der Waals surface area contributed by atoms with Gasteiger partial charge >= 0.3 is 0 Å². The Balaban J connectivity index is 2.11. The quantitative estimate of drug-likeness (QED) is 0.403. The third-order valence-corrected chi connectivity index (χ3v) is 4.26. The zero-order valence-corrected chi connectivity index (χ0v) is 10.6. The van der Waals surface area contributed by atoms with E-state index in [-0.39, 0.29) is 25.1 Å². The van der Waals surface area contributed by atoms with Gasteiger partial charge in [-0.25, -0.2) is 0 Å². The van der Waals surface area contributed by atoms with Gasteiger partial charge in [0.15, 0.2) is 0 Å². The zero-order chi connectivity index (χ0) is 13.4. The number of aliphatic hydroxyl groups is 5. The fraction of sp³-hybridized carbons (Fsp3) is 1.00. The minimum atomic E-state index is -0.971. The molecule has 5 N–H and O–H groups in total. The second-order valence-electron chi connectivity index (χ2n) is 5.54. The monoisotopic (exact) mass is 261 g/mol. The molecule has 0 aromatic carbocycles. The molecule has 2 aliphatic heterocycles. The van der Waals surface area contributed by atoms with E-state index in [1.54, 1.807) is 6.92 Å². The highest BCUT2D eigenvalue weighted by Gasteiger charge is 2.54. The molecule has 2 fully saturated rings. The molecule has 0 bridgehead atoms. The molecule has 2 rings (SSSR count). The van der Waals surface area contributed by atoms with Gasteiger partial charge in [-0.1, -0.05) is 0 Å². The molecule has 18 heavy (non-hydrogen) atoms. The van der Waals surface area contributed by atoms with E-state index in [0.717, 1.165) is 0 Å². The fourth-order valence-corrected chi connectivity index (χ4v) is 3.46. The third kappa shape index (κ3) is 2.29. The average molecular weight is 261 g/mol. The van der Waals surface area contributed by atoms with E-state index < -0.39 is 30.5 Å². The summed E-state index contributed by atoms with van der Waals surface area (Å²) in [6.45, 7) is 1.37. The summed E-state index contributed by atoms with van der Waals surface area (Å²) < 4.78 is 0. The van der Waals surface area contributed by atoms with E-state index >= 15 is 0 Å². The van der Waals surface area contributed by atoms with Crippen molar-refractivity contribution in [3.05, 3.63) is 0 Å². The highest BCUT2D eigenvalue weighted by molar-refractivity contribution is 5.08. The summed E-state index contributed by atoms with van der Waals surface area (Å²) >= 11 is 0. The number of hydrogen-bond acceptors (Lipinski definition) is 6. The zero-order valence-electron chi connectivity index (χ0n) is 10.6. The van der Waals surface area contributed by atoms with Crippen LogP contribution in [0.25, 0.3) is 0 Å². The lowest BCUT2D eigenvalue weighted by atomic mass is 9.99. The van der Waals surface area contributed by atoms with E-state index in [4.69, 9.17) is 0 Å². The standard InChI is InChI=1S/C12H23NO5/c1-6(15)4-10(16)7-2-3-8-11(17)12(18)9(5-14)13(7)8/h6-12,14-18H,2-5H2,1H3/t6?,7-,8+,9+,10+,11-,12+/m0/s1. The van der Waals surface area contributed by atoms with E-state index in [1.165, 1.54) is 0 Å². The van der Waals surface area contributed by atoms with Crippen molar-refractivity contribution in [1.29, 1.82) is 0 Å². The van der Waals surface area contributed by atoms with Gasteiger partial charge in [-0.3, -0.25) is 4.90 Å². The van der Waals surface area contributed by atoms with Crippen molar-refractivity contribution in [3.8, 4) is 0 Å². The van der Waals surface area contributed by atoms with Crippen LogP contribution in [0.2, 0.25) is 0 Å². The van der Waals surface area contributed by atoms with Crippen LogP contribution in [-0.4, -0.2) is 79.6 Å². The average Bonchev–Trinajstić information content (AvgIpc) is 2.80. The predicted octanol–water partition coefficient (Wildman–Crippen LogP) is -1.95. The normalized spacial score (nSPS) is 44.0. The molecule has 7 atom stereocenters. The molecular weight excluding hydrogens is 238 g/mol. The Kier molecular flexibility index (Phi) is 4.25. The maximum atomic E-state index is 10.1. The molecular formula is C12H23NO5. The van der Waals surface area contributed by atoms with Crippen molar-refractivity contribution in [2.45, 2.75) is 68.7 Å².